The first-order chi connectivity index (χ1) is 9.54. The molecule has 0 aliphatic heterocycles. The molecule has 0 aliphatic carbocycles. The van der Waals surface area contributed by atoms with Gasteiger partial charge in [0.1, 0.15) is 10.8 Å². The Morgan fingerprint density at radius 1 is 1.50 bits per heavy atom. The van der Waals surface area contributed by atoms with Crippen LogP contribution in [-0.4, -0.2) is 19.6 Å². The van der Waals surface area contributed by atoms with Crippen LogP contribution in [0.5, 0.6) is 0 Å². The fraction of sp³-hybridized carbons (Fsp3) is 0.250. The summed E-state index contributed by atoms with van der Waals surface area (Å²) in [4.78, 5) is 11.9. The van der Waals surface area contributed by atoms with Crippen LogP contribution in [0.2, 0.25) is 5.02 Å². The minimum absolute atomic E-state index is 0.0873. The number of anilines is 2. The van der Waals surface area contributed by atoms with Crippen molar-refractivity contribution >= 4 is 23.1 Å². The molecule has 2 aromatic rings. The largest absolute Gasteiger partial charge is 0.384 e. The van der Waals surface area contributed by atoms with Gasteiger partial charge in [0, 0.05) is 19.2 Å². The van der Waals surface area contributed by atoms with E-state index >= 15 is 0 Å². The highest BCUT2D eigenvalue weighted by Crippen LogP contribution is 2.18. The molecule has 3 N–H and O–H groups in total. The van der Waals surface area contributed by atoms with Crippen LogP contribution in [0.15, 0.2) is 29.8 Å². The average Bonchev–Trinajstić information content (AvgIpc) is 2.75. The second-order valence-electron chi connectivity index (χ2n) is 4.18. The minimum Gasteiger partial charge on any atom is -0.384 e. The molecule has 7 nitrogen and oxygen atoms in total. The predicted octanol–water partition coefficient (Wildman–Crippen LogP) is 1.01. The van der Waals surface area contributed by atoms with E-state index in [1.54, 1.807) is 24.0 Å². The molecule has 0 saturated heterocycles. The van der Waals surface area contributed by atoms with Crippen LogP contribution in [0.3, 0.4) is 0 Å². The van der Waals surface area contributed by atoms with Gasteiger partial charge in [0.25, 0.3) is 5.56 Å². The molecule has 0 fully saturated rings. The van der Waals surface area contributed by atoms with Gasteiger partial charge in [-0.1, -0.05) is 17.7 Å². The molecule has 20 heavy (non-hydrogen) atoms. The third kappa shape index (κ3) is 2.67. The van der Waals surface area contributed by atoms with E-state index in [1.807, 2.05) is 0 Å². The number of nitrogens with zero attached hydrogens (tertiary/aromatic N) is 4. The molecule has 0 radical (unpaired) electrons. The Hall–Kier alpha value is -2.28. The monoisotopic (exact) mass is 294 g/mol. The first-order valence-electron chi connectivity index (χ1n) is 5.91. The number of aromatic nitrogens is 4. The van der Waals surface area contributed by atoms with E-state index in [1.165, 1.54) is 10.9 Å². The van der Waals surface area contributed by atoms with Crippen molar-refractivity contribution in [2.75, 3.05) is 11.1 Å². The number of nitrogens with one attached hydrogen (secondary N) is 1. The van der Waals surface area contributed by atoms with E-state index < -0.39 is 0 Å². The summed E-state index contributed by atoms with van der Waals surface area (Å²) in [5.41, 5.74) is 6.75. The average molecular weight is 295 g/mol. The number of aryl methyl sites for hydroxylation is 1. The summed E-state index contributed by atoms with van der Waals surface area (Å²) in [6.45, 7) is 4.28. The molecule has 2 rings (SSSR count). The van der Waals surface area contributed by atoms with Gasteiger partial charge in [-0.25, -0.2) is 4.68 Å². The zero-order valence-corrected chi connectivity index (χ0v) is 11.8. The third-order valence-electron chi connectivity index (χ3n) is 2.82. The van der Waals surface area contributed by atoms with Gasteiger partial charge in [0.2, 0.25) is 0 Å². The summed E-state index contributed by atoms with van der Waals surface area (Å²) in [7, 11) is 1.75. The standard InChI is InChI=1S/C12H15ClN6O/c1-3-4-19-12(20)10(13)9(7-17-19)15-5-8-6-16-18(2)11(8)14/h3,6-7,15H,1,4-5,14H2,2H3. The van der Waals surface area contributed by atoms with Crippen LogP contribution in [0.25, 0.3) is 0 Å². The molecule has 0 saturated carbocycles. The Labute approximate surface area is 120 Å². The van der Waals surface area contributed by atoms with E-state index in [9.17, 15) is 4.79 Å². The number of allylic oxidation sites excluding steroid dienone is 1. The molecule has 0 aliphatic rings. The Bertz CT molecular complexity index is 690. The molecule has 0 unspecified atom stereocenters. The summed E-state index contributed by atoms with van der Waals surface area (Å²) >= 11 is 6.02. The fourth-order valence-corrected chi connectivity index (χ4v) is 1.87. The maximum Gasteiger partial charge on any atom is 0.287 e. The van der Waals surface area contributed by atoms with Crippen molar-refractivity contribution in [2.45, 2.75) is 13.1 Å². The fourth-order valence-electron chi connectivity index (χ4n) is 1.66. The Morgan fingerprint density at radius 2 is 2.25 bits per heavy atom. The van der Waals surface area contributed by atoms with E-state index in [-0.39, 0.29) is 10.6 Å². The summed E-state index contributed by atoms with van der Waals surface area (Å²) in [5, 5.41) is 11.1. The predicted molar refractivity (Wildman–Crippen MR) is 78.7 cm³/mol. The minimum atomic E-state index is -0.365. The highest BCUT2D eigenvalue weighted by molar-refractivity contribution is 6.32. The number of nitrogen functional groups attached to an aromatic ring is 1. The molecule has 0 aromatic carbocycles. The van der Waals surface area contributed by atoms with Gasteiger partial charge in [-0.3, -0.25) is 9.48 Å². The van der Waals surface area contributed by atoms with E-state index in [2.05, 4.69) is 22.1 Å². The van der Waals surface area contributed by atoms with Crippen molar-refractivity contribution in [3.63, 3.8) is 0 Å². The summed E-state index contributed by atoms with van der Waals surface area (Å²) < 4.78 is 2.80. The van der Waals surface area contributed by atoms with Gasteiger partial charge in [-0.05, 0) is 0 Å². The number of hydrogen-bond acceptors (Lipinski definition) is 5. The van der Waals surface area contributed by atoms with E-state index in [4.69, 9.17) is 17.3 Å². The first-order valence-corrected chi connectivity index (χ1v) is 6.29. The van der Waals surface area contributed by atoms with Crippen molar-refractivity contribution in [1.29, 1.82) is 0 Å². The zero-order chi connectivity index (χ0) is 14.7. The van der Waals surface area contributed by atoms with Gasteiger partial charge in [-0.2, -0.15) is 10.2 Å². The van der Waals surface area contributed by atoms with Gasteiger partial charge < -0.3 is 11.1 Å². The smallest absolute Gasteiger partial charge is 0.287 e. The quantitative estimate of drug-likeness (QED) is 0.803. The molecular weight excluding hydrogens is 280 g/mol. The van der Waals surface area contributed by atoms with Crippen molar-refractivity contribution < 1.29 is 0 Å². The highest BCUT2D eigenvalue weighted by atomic mass is 35.5. The second kappa shape index (κ2) is 5.79. The lowest BCUT2D eigenvalue weighted by molar-refractivity contribution is 0.653. The van der Waals surface area contributed by atoms with Crippen LogP contribution >= 0.6 is 11.6 Å². The van der Waals surface area contributed by atoms with Crippen molar-refractivity contribution in [2.24, 2.45) is 7.05 Å². The first kappa shape index (κ1) is 14.1. The molecule has 106 valence electrons. The van der Waals surface area contributed by atoms with Gasteiger partial charge in [0.15, 0.2) is 0 Å². The third-order valence-corrected chi connectivity index (χ3v) is 3.19. The van der Waals surface area contributed by atoms with Crippen LogP contribution in [0.1, 0.15) is 5.56 Å². The summed E-state index contributed by atoms with van der Waals surface area (Å²) in [6.07, 6.45) is 4.73. The number of nitrogens with two attached hydrogens (primary N) is 1. The Balaban J connectivity index is 2.18. The molecular formula is C12H15ClN6O. The van der Waals surface area contributed by atoms with Gasteiger partial charge in [-0.15, -0.1) is 6.58 Å². The molecule has 0 bridgehead atoms. The normalized spacial score (nSPS) is 10.5. The molecule has 0 atom stereocenters. The van der Waals surface area contributed by atoms with Gasteiger partial charge in [0.05, 0.1) is 24.6 Å². The summed E-state index contributed by atoms with van der Waals surface area (Å²) in [6, 6.07) is 0. The second-order valence-corrected chi connectivity index (χ2v) is 4.56. The highest BCUT2D eigenvalue weighted by Gasteiger charge is 2.10. The molecule has 2 aromatic heterocycles. The molecule has 0 amide bonds. The Kier molecular flexibility index (Phi) is 4.09. The van der Waals surface area contributed by atoms with Crippen LogP contribution < -0.4 is 16.6 Å². The van der Waals surface area contributed by atoms with E-state index in [0.717, 1.165) is 5.56 Å². The molecule has 0 spiro atoms. The lowest BCUT2D eigenvalue weighted by Gasteiger charge is -2.09. The van der Waals surface area contributed by atoms with E-state index in [0.29, 0.717) is 24.6 Å². The topological polar surface area (TPSA) is 90.8 Å². The SMILES string of the molecule is C=CCn1ncc(NCc2cnn(C)c2N)c(Cl)c1=O. The number of halogens is 1. The van der Waals surface area contributed by atoms with Crippen LogP contribution in [0.4, 0.5) is 11.5 Å². The number of rotatable bonds is 5. The van der Waals surface area contributed by atoms with Crippen molar-refractivity contribution in [3.8, 4) is 0 Å². The van der Waals surface area contributed by atoms with Crippen LogP contribution in [-0.2, 0) is 20.1 Å². The molecule has 2 heterocycles. The lowest BCUT2D eigenvalue weighted by Crippen LogP contribution is -2.23. The van der Waals surface area contributed by atoms with Crippen LogP contribution in [0, 0.1) is 0 Å². The van der Waals surface area contributed by atoms with Crippen molar-refractivity contribution in [3.05, 3.63) is 46.0 Å². The zero-order valence-electron chi connectivity index (χ0n) is 11.0. The lowest BCUT2D eigenvalue weighted by atomic mass is 10.3. The summed E-state index contributed by atoms with van der Waals surface area (Å²) in [5.74, 6) is 0.557. The molecule has 8 heteroatoms. The van der Waals surface area contributed by atoms with Crippen molar-refractivity contribution in [1.82, 2.24) is 19.6 Å². The van der Waals surface area contributed by atoms with Gasteiger partial charge >= 0.3 is 0 Å². The maximum absolute atomic E-state index is 11.9. The number of hydrogen-bond donors (Lipinski definition) is 2. The maximum atomic E-state index is 11.9. The Morgan fingerprint density at radius 3 is 2.85 bits per heavy atom.